The maximum absolute atomic E-state index is 6.11. The van der Waals surface area contributed by atoms with E-state index in [-0.39, 0.29) is 0 Å². The van der Waals surface area contributed by atoms with E-state index in [1.807, 2.05) is 48.0 Å². The zero-order valence-corrected chi connectivity index (χ0v) is 18.9. The van der Waals surface area contributed by atoms with E-state index in [2.05, 4.69) is 9.72 Å². The number of imidazole rings is 1. The number of halogens is 2. The number of fused-ring (bicyclic) bond motifs is 1. The third kappa shape index (κ3) is 4.27. The van der Waals surface area contributed by atoms with Crippen molar-refractivity contribution in [1.82, 2.24) is 14.7 Å². The summed E-state index contributed by atoms with van der Waals surface area (Å²) in [6.45, 7) is 1.49. The van der Waals surface area contributed by atoms with Crippen LogP contribution in [0.4, 0.5) is 0 Å². The molecule has 156 valence electrons. The van der Waals surface area contributed by atoms with Crippen molar-refractivity contribution < 1.29 is 9.47 Å². The average molecular weight is 462 g/mol. The van der Waals surface area contributed by atoms with Gasteiger partial charge in [0.2, 0.25) is 0 Å². The molecule has 4 rings (SSSR count). The van der Waals surface area contributed by atoms with Crippen LogP contribution >= 0.6 is 34.5 Å². The number of thiazole rings is 1. The zero-order valence-electron chi connectivity index (χ0n) is 16.6. The van der Waals surface area contributed by atoms with E-state index in [1.165, 1.54) is 0 Å². The van der Waals surface area contributed by atoms with Gasteiger partial charge in [0.05, 0.1) is 35.7 Å². The van der Waals surface area contributed by atoms with Gasteiger partial charge in [-0.25, -0.2) is 4.98 Å². The maximum atomic E-state index is 6.11. The van der Waals surface area contributed by atoms with Crippen molar-refractivity contribution in [3.8, 4) is 22.8 Å². The molecule has 0 saturated carbocycles. The molecule has 1 N–H and O–H groups in total. The summed E-state index contributed by atoms with van der Waals surface area (Å²) < 4.78 is 13.0. The van der Waals surface area contributed by atoms with Crippen LogP contribution < -0.4 is 14.8 Å². The summed E-state index contributed by atoms with van der Waals surface area (Å²) in [5.41, 5.74) is 4.17. The highest BCUT2D eigenvalue weighted by Crippen LogP contribution is 2.34. The molecular formula is C22H21Cl2N3O2S. The topological polar surface area (TPSA) is 47.8 Å². The molecule has 0 aliphatic carbocycles. The maximum Gasteiger partial charge on any atom is 0.194 e. The smallest absolute Gasteiger partial charge is 0.194 e. The van der Waals surface area contributed by atoms with Crippen LogP contribution in [0.1, 0.15) is 11.3 Å². The van der Waals surface area contributed by atoms with Crippen LogP contribution in [0.2, 0.25) is 10.0 Å². The Morgan fingerprint density at radius 1 is 1.03 bits per heavy atom. The van der Waals surface area contributed by atoms with E-state index in [1.54, 1.807) is 25.6 Å². The van der Waals surface area contributed by atoms with Crippen LogP contribution in [-0.2, 0) is 13.0 Å². The highest BCUT2D eigenvalue weighted by molar-refractivity contribution is 7.15. The summed E-state index contributed by atoms with van der Waals surface area (Å²) in [5.74, 6) is 1.38. The fraction of sp³-hybridized carbons (Fsp3) is 0.227. The third-order valence-corrected chi connectivity index (χ3v) is 6.38. The van der Waals surface area contributed by atoms with Crippen molar-refractivity contribution in [3.05, 3.63) is 69.3 Å². The van der Waals surface area contributed by atoms with Gasteiger partial charge in [-0.2, -0.15) is 0 Å². The van der Waals surface area contributed by atoms with Gasteiger partial charge in [0.25, 0.3) is 0 Å². The highest BCUT2D eigenvalue weighted by atomic mass is 35.5. The third-order valence-electron chi connectivity index (χ3n) is 4.88. The van der Waals surface area contributed by atoms with Gasteiger partial charge in [-0.3, -0.25) is 4.40 Å². The van der Waals surface area contributed by atoms with Crippen LogP contribution in [0.25, 0.3) is 16.2 Å². The Hall–Kier alpha value is -2.25. The van der Waals surface area contributed by atoms with Crippen molar-refractivity contribution in [2.45, 2.75) is 13.0 Å². The second kappa shape index (κ2) is 9.27. The number of hydrogen-bond acceptors (Lipinski definition) is 5. The predicted octanol–water partition coefficient (Wildman–Crippen LogP) is 5.72. The molecule has 2 aromatic carbocycles. The Morgan fingerprint density at radius 3 is 2.63 bits per heavy atom. The summed E-state index contributed by atoms with van der Waals surface area (Å²) in [5, 5.41) is 6.73. The molecule has 0 aliphatic heterocycles. The van der Waals surface area contributed by atoms with Crippen molar-refractivity contribution in [2.24, 2.45) is 0 Å². The van der Waals surface area contributed by atoms with Gasteiger partial charge in [0.15, 0.2) is 16.5 Å². The Morgan fingerprint density at radius 2 is 1.87 bits per heavy atom. The lowest BCUT2D eigenvalue weighted by Gasteiger charge is -2.11. The number of nitrogens with zero attached hydrogens (tertiary/aromatic N) is 2. The minimum Gasteiger partial charge on any atom is -0.493 e. The SMILES string of the molecule is COc1ccc(-c2nc3sccn3c2CNCCc2ccc(Cl)c(Cl)c2)cc1OC. The van der Waals surface area contributed by atoms with E-state index in [4.69, 9.17) is 37.7 Å². The van der Waals surface area contributed by atoms with Crippen molar-refractivity contribution >= 4 is 39.5 Å². The average Bonchev–Trinajstić information content (AvgIpc) is 3.35. The first-order chi connectivity index (χ1) is 14.6. The fourth-order valence-electron chi connectivity index (χ4n) is 3.35. The van der Waals surface area contributed by atoms with Crippen LogP contribution in [0.15, 0.2) is 48.0 Å². The summed E-state index contributed by atoms with van der Waals surface area (Å²) in [4.78, 5) is 5.80. The fourth-order valence-corrected chi connectivity index (χ4v) is 4.40. The molecule has 5 nitrogen and oxygen atoms in total. The van der Waals surface area contributed by atoms with Gasteiger partial charge in [0.1, 0.15) is 0 Å². The number of rotatable bonds is 8. The molecule has 2 aromatic heterocycles. The Labute approximate surface area is 189 Å². The van der Waals surface area contributed by atoms with Gasteiger partial charge >= 0.3 is 0 Å². The number of nitrogens with one attached hydrogen (secondary N) is 1. The molecule has 0 atom stereocenters. The number of aromatic nitrogens is 2. The van der Waals surface area contributed by atoms with Crippen molar-refractivity contribution in [1.29, 1.82) is 0 Å². The molecule has 0 aliphatic rings. The second-order valence-corrected chi connectivity index (χ2v) is 8.40. The quantitative estimate of drug-likeness (QED) is 0.341. The molecule has 0 saturated heterocycles. The van der Waals surface area contributed by atoms with E-state index >= 15 is 0 Å². The van der Waals surface area contributed by atoms with E-state index in [9.17, 15) is 0 Å². The molecule has 0 unspecified atom stereocenters. The summed E-state index contributed by atoms with van der Waals surface area (Å²) in [6.07, 6.45) is 2.90. The lowest BCUT2D eigenvalue weighted by Crippen LogP contribution is -2.18. The first-order valence-electron chi connectivity index (χ1n) is 9.42. The molecule has 2 heterocycles. The largest absolute Gasteiger partial charge is 0.493 e. The van der Waals surface area contributed by atoms with Crippen molar-refractivity contribution in [3.63, 3.8) is 0 Å². The zero-order chi connectivity index (χ0) is 21.1. The van der Waals surface area contributed by atoms with E-state index in [0.29, 0.717) is 28.1 Å². The van der Waals surface area contributed by atoms with Gasteiger partial charge in [-0.1, -0.05) is 29.3 Å². The molecule has 0 bridgehead atoms. The molecule has 8 heteroatoms. The van der Waals surface area contributed by atoms with Crippen molar-refractivity contribution in [2.75, 3.05) is 20.8 Å². The second-order valence-electron chi connectivity index (χ2n) is 6.71. The van der Waals surface area contributed by atoms with E-state index < -0.39 is 0 Å². The standard InChI is InChI=1S/C22H21Cl2N3O2S/c1-28-19-6-4-15(12-20(19)29-2)21-18(27-9-10-30-22(27)26-21)13-25-8-7-14-3-5-16(23)17(24)11-14/h3-6,9-12,25H,7-8,13H2,1-2H3. The number of ether oxygens (including phenoxy) is 2. The summed E-state index contributed by atoms with van der Waals surface area (Å²) >= 11 is 13.7. The van der Waals surface area contributed by atoms with Crippen LogP contribution in [0.3, 0.4) is 0 Å². The van der Waals surface area contributed by atoms with Crippen LogP contribution in [0, 0.1) is 0 Å². The van der Waals surface area contributed by atoms with Gasteiger partial charge in [-0.05, 0) is 48.9 Å². The molecule has 0 fully saturated rings. The summed E-state index contributed by atoms with van der Waals surface area (Å²) in [6, 6.07) is 11.6. The lowest BCUT2D eigenvalue weighted by atomic mass is 10.1. The monoisotopic (exact) mass is 461 g/mol. The molecule has 4 aromatic rings. The first-order valence-corrected chi connectivity index (χ1v) is 11.1. The molecule has 0 amide bonds. The highest BCUT2D eigenvalue weighted by Gasteiger charge is 2.16. The molecular weight excluding hydrogens is 441 g/mol. The minimum atomic E-state index is 0.576. The van der Waals surface area contributed by atoms with Gasteiger partial charge in [-0.15, -0.1) is 11.3 Å². The number of benzene rings is 2. The lowest BCUT2D eigenvalue weighted by molar-refractivity contribution is 0.355. The van der Waals surface area contributed by atoms with Gasteiger partial charge < -0.3 is 14.8 Å². The summed E-state index contributed by atoms with van der Waals surface area (Å²) in [7, 11) is 3.27. The Bertz CT molecular complexity index is 1170. The Balaban J connectivity index is 1.54. The van der Waals surface area contributed by atoms with Crippen LogP contribution in [-0.4, -0.2) is 30.1 Å². The predicted molar refractivity (Wildman–Crippen MR) is 123 cm³/mol. The number of hydrogen-bond donors (Lipinski definition) is 1. The molecule has 30 heavy (non-hydrogen) atoms. The number of methoxy groups -OCH3 is 2. The van der Waals surface area contributed by atoms with Crippen LogP contribution in [0.5, 0.6) is 11.5 Å². The minimum absolute atomic E-state index is 0.576. The first kappa shape index (κ1) is 21.0. The van der Waals surface area contributed by atoms with Gasteiger partial charge in [0, 0.05) is 23.7 Å². The van der Waals surface area contributed by atoms with E-state index in [0.717, 1.165) is 40.4 Å². The normalized spacial score (nSPS) is 11.2. The molecule has 0 radical (unpaired) electrons. The molecule has 0 spiro atoms. The Kier molecular flexibility index (Phi) is 6.49.